The lowest BCUT2D eigenvalue weighted by Crippen LogP contribution is -2.28. The van der Waals surface area contributed by atoms with Gasteiger partial charge in [-0.05, 0) is 30.5 Å². The lowest BCUT2D eigenvalue weighted by molar-refractivity contribution is 0.476. The topological polar surface area (TPSA) is 38.0 Å². The van der Waals surface area contributed by atoms with Crippen molar-refractivity contribution in [3.8, 4) is 0 Å². The molecule has 0 heterocycles. The van der Waals surface area contributed by atoms with Crippen LogP contribution in [0.4, 0.5) is 4.39 Å². The number of benzene rings is 1. The second-order valence-corrected chi connectivity index (χ2v) is 4.93. The number of halogens is 1. The van der Waals surface area contributed by atoms with Crippen molar-refractivity contribution in [1.82, 2.24) is 5.43 Å². The average molecular weight is 252 g/mol. The first-order chi connectivity index (χ1) is 8.69. The van der Waals surface area contributed by atoms with Crippen LogP contribution >= 0.6 is 0 Å². The Hall–Kier alpha value is -0.930. The predicted molar refractivity (Wildman–Crippen MR) is 74.6 cm³/mol. The van der Waals surface area contributed by atoms with Crippen molar-refractivity contribution < 1.29 is 4.39 Å². The van der Waals surface area contributed by atoms with Gasteiger partial charge >= 0.3 is 0 Å². The lowest BCUT2D eigenvalue weighted by atomic mass is 9.99. The molecule has 0 spiro atoms. The van der Waals surface area contributed by atoms with Gasteiger partial charge in [-0.25, -0.2) is 4.39 Å². The second kappa shape index (κ2) is 8.22. The number of hydrogen-bond donors (Lipinski definition) is 2. The van der Waals surface area contributed by atoms with Crippen molar-refractivity contribution in [1.29, 1.82) is 0 Å². The SMILES string of the molecule is CCCCCCCC(NN)c1ccc(C)c(F)c1. The van der Waals surface area contributed by atoms with Gasteiger partial charge in [0.15, 0.2) is 0 Å². The molecule has 0 aliphatic heterocycles. The molecule has 0 amide bonds. The van der Waals surface area contributed by atoms with Gasteiger partial charge in [-0.1, -0.05) is 51.2 Å². The highest BCUT2D eigenvalue weighted by atomic mass is 19.1. The number of hydrogen-bond acceptors (Lipinski definition) is 2. The first-order valence-electron chi connectivity index (χ1n) is 6.91. The standard InChI is InChI=1S/C15H25FN2/c1-3-4-5-6-7-8-15(18-17)13-10-9-12(2)14(16)11-13/h9-11,15,18H,3-8,17H2,1-2H3. The van der Waals surface area contributed by atoms with Crippen LogP contribution in [-0.4, -0.2) is 0 Å². The molecule has 1 atom stereocenters. The Morgan fingerprint density at radius 3 is 2.56 bits per heavy atom. The second-order valence-electron chi connectivity index (χ2n) is 4.93. The minimum atomic E-state index is -0.154. The lowest BCUT2D eigenvalue weighted by Gasteiger charge is -2.16. The minimum absolute atomic E-state index is 0.0572. The summed E-state index contributed by atoms with van der Waals surface area (Å²) in [6, 6.07) is 5.41. The summed E-state index contributed by atoms with van der Waals surface area (Å²) < 4.78 is 13.5. The molecular weight excluding hydrogens is 227 g/mol. The van der Waals surface area contributed by atoms with Crippen molar-refractivity contribution >= 4 is 0 Å². The Balaban J connectivity index is 2.47. The first kappa shape index (κ1) is 15.1. The molecule has 3 N–H and O–H groups in total. The molecular formula is C15H25FN2. The first-order valence-corrected chi connectivity index (χ1v) is 6.91. The summed E-state index contributed by atoms with van der Waals surface area (Å²) in [4.78, 5) is 0. The van der Waals surface area contributed by atoms with E-state index in [4.69, 9.17) is 5.84 Å². The Morgan fingerprint density at radius 1 is 1.22 bits per heavy atom. The molecule has 0 aromatic heterocycles. The summed E-state index contributed by atoms with van der Waals surface area (Å²) in [5.41, 5.74) is 4.41. The maximum absolute atomic E-state index is 13.5. The molecule has 1 aromatic carbocycles. The van der Waals surface area contributed by atoms with Crippen LogP contribution in [0, 0.1) is 12.7 Å². The normalized spacial score (nSPS) is 12.7. The molecule has 3 heteroatoms. The Bertz CT molecular complexity index is 352. The summed E-state index contributed by atoms with van der Waals surface area (Å²) in [7, 11) is 0. The molecule has 102 valence electrons. The van der Waals surface area contributed by atoms with Gasteiger partial charge in [-0.15, -0.1) is 0 Å². The molecule has 1 rings (SSSR count). The summed E-state index contributed by atoms with van der Waals surface area (Å²) in [6.45, 7) is 3.98. The molecule has 0 saturated heterocycles. The van der Waals surface area contributed by atoms with E-state index in [9.17, 15) is 4.39 Å². The van der Waals surface area contributed by atoms with Crippen molar-refractivity contribution in [3.05, 3.63) is 35.1 Å². The Kier molecular flexibility index (Phi) is 6.91. The third-order valence-electron chi connectivity index (χ3n) is 3.40. The smallest absolute Gasteiger partial charge is 0.126 e. The fourth-order valence-corrected chi connectivity index (χ4v) is 2.12. The number of unbranched alkanes of at least 4 members (excludes halogenated alkanes) is 4. The van der Waals surface area contributed by atoms with Crippen molar-refractivity contribution in [3.63, 3.8) is 0 Å². The highest BCUT2D eigenvalue weighted by molar-refractivity contribution is 5.25. The van der Waals surface area contributed by atoms with Crippen LogP contribution in [0.3, 0.4) is 0 Å². The highest BCUT2D eigenvalue weighted by Crippen LogP contribution is 2.21. The fourth-order valence-electron chi connectivity index (χ4n) is 2.12. The number of hydrazine groups is 1. The fraction of sp³-hybridized carbons (Fsp3) is 0.600. The van der Waals surface area contributed by atoms with Crippen LogP contribution < -0.4 is 11.3 Å². The zero-order valence-electron chi connectivity index (χ0n) is 11.5. The van der Waals surface area contributed by atoms with E-state index in [2.05, 4.69) is 12.3 Å². The third kappa shape index (κ3) is 4.75. The van der Waals surface area contributed by atoms with E-state index in [-0.39, 0.29) is 11.9 Å². The van der Waals surface area contributed by atoms with Gasteiger partial charge in [0.05, 0.1) is 0 Å². The van der Waals surface area contributed by atoms with Crippen molar-refractivity contribution in [2.75, 3.05) is 0 Å². The quantitative estimate of drug-likeness (QED) is 0.417. The molecule has 18 heavy (non-hydrogen) atoms. The Labute approximate surface area is 110 Å². The largest absolute Gasteiger partial charge is 0.271 e. The molecule has 0 aliphatic rings. The van der Waals surface area contributed by atoms with E-state index in [0.717, 1.165) is 18.4 Å². The number of nitrogens with one attached hydrogen (secondary N) is 1. The molecule has 0 bridgehead atoms. The third-order valence-corrected chi connectivity index (χ3v) is 3.40. The molecule has 0 aliphatic carbocycles. The van der Waals surface area contributed by atoms with Crippen LogP contribution in [0.1, 0.15) is 62.6 Å². The van der Waals surface area contributed by atoms with Gasteiger partial charge in [-0.2, -0.15) is 0 Å². The van der Waals surface area contributed by atoms with Gasteiger partial charge in [0.1, 0.15) is 5.82 Å². The van der Waals surface area contributed by atoms with Crippen LogP contribution in [-0.2, 0) is 0 Å². The monoisotopic (exact) mass is 252 g/mol. The minimum Gasteiger partial charge on any atom is -0.271 e. The number of nitrogens with two attached hydrogens (primary N) is 1. The Morgan fingerprint density at radius 2 is 1.94 bits per heavy atom. The molecule has 0 saturated carbocycles. The van der Waals surface area contributed by atoms with Crippen LogP contribution in [0.25, 0.3) is 0 Å². The average Bonchev–Trinajstić information content (AvgIpc) is 2.37. The van der Waals surface area contributed by atoms with Gasteiger partial charge in [0, 0.05) is 6.04 Å². The van der Waals surface area contributed by atoms with E-state index in [1.165, 1.54) is 25.7 Å². The van der Waals surface area contributed by atoms with Crippen molar-refractivity contribution in [2.24, 2.45) is 5.84 Å². The van der Waals surface area contributed by atoms with Crippen LogP contribution in [0.5, 0.6) is 0 Å². The predicted octanol–water partition coefficient (Wildman–Crippen LogP) is 4.00. The number of aryl methyl sites for hydroxylation is 1. The molecule has 1 aromatic rings. The van der Waals surface area contributed by atoms with E-state index in [0.29, 0.717) is 5.56 Å². The van der Waals surface area contributed by atoms with E-state index >= 15 is 0 Å². The van der Waals surface area contributed by atoms with Gasteiger partial charge < -0.3 is 0 Å². The van der Waals surface area contributed by atoms with E-state index in [1.807, 2.05) is 12.1 Å². The van der Waals surface area contributed by atoms with Crippen LogP contribution in [0.15, 0.2) is 18.2 Å². The summed E-state index contributed by atoms with van der Waals surface area (Å²) in [5, 5.41) is 0. The van der Waals surface area contributed by atoms with Crippen LogP contribution in [0.2, 0.25) is 0 Å². The molecule has 0 radical (unpaired) electrons. The maximum Gasteiger partial charge on any atom is 0.126 e. The van der Waals surface area contributed by atoms with E-state index in [1.54, 1.807) is 13.0 Å². The molecule has 1 unspecified atom stereocenters. The maximum atomic E-state index is 13.5. The van der Waals surface area contributed by atoms with E-state index < -0.39 is 0 Å². The molecule has 0 fully saturated rings. The van der Waals surface area contributed by atoms with Crippen molar-refractivity contribution in [2.45, 2.75) is 58.4 Å². The van der Waals surface area contributed by atoms with Gasteiger partial charge in [0.25, 0.3) is 0 Å². The number of rotatable bonds is 8. The summed E-state index contributed by atoms with van der Waals surface area (Å²) in [5.74, 6) is 5.41. The summed E-state index contributed by atoms with van der Waals surface area (Å²) in [6.07, 6.45) is 7.13. The zero-order valence-corrected chi connectivity index (χ0v) is 11.5. The summed E-state index contributed by atoms with van der Waals surface area (Å²) >= 11 is 0. The van der Waals surface area contributed by atoms with Gasteiger partial charge in [-0.3, -0.25) is 11.3 Å². The molecule has 2 nitrogen and oxygen atoms in total. The zero-order chi connectivity index (χ0) is 13.4. The van der Waals surface area contributed by atoms with Gasteiger partial charge in [0.2, 0.25) is 0 Å². The highest BCUT2D eigenvalue weighted by Gasteiger charge is 2.10.